The van der Waals surface area contributed by atoms with E-state index in [0.29, 0.717) is 6.61 Å². The summed E-state index contributed by atoms with van der Waals surface area (Å²) in [5, 5.41) is 8.79. The molecule has 2 rings (SSSR count). The Kier molecular flexibility index (Phi) is 4.75. The van der Waals surface area contributed by atoms with Crippen LogP contribution in [0.1, 0.15) is 38.2 Å². The predicted octanol–water partition coefficient (Wildman–Crippen LogP) is 2.83. The third-order valence-electron chi connectivity index (χ3n) is 3.47. The largest absolute Gasteiger partial charge is 0.396 e. The van der Waals surface area contributed by atoms with Gasteiger partial charge in [-0.2, -0.15) is 0 Å². The molecule has 18 heavy (non-hydrogen) atoms. The van der Waals surface area contributed by atoms with Crippen molar-refractivity contribution in [1.82, 2.24) is 0 Å². The Hall–Kier alpha value is -0.900. The Bertz CT molecular complexity index is 352. The van der Waals surface area contributed by atoms with Crippen LogP contribution in [0.2, 0.25) is 0 Å². The van der Waals surface area contributed by atoms with Gasteiger partial charge in [-0.1, -0.05) is 37.3 Å². The molecule has 1 saturated heterocycles. The van der Waals surface area contributed by atoms with Crippen molar-refractivity contribution in [1.29, 1.82) is 0 Å². The third-order valence-corrected chi connectivity index (χ3v) is 3.47. The normalized spacial score (nSPS) is 27.6. The van der Waals surface area contributed by atoms with Gasteiger partial charge in [0.15, 0.2) is 5.79 Å². The zero-order valence-electron chi connectivity index (χ0n) is 11.0. The summed E-state index contributed by atoms with van der Waals surface area (Å²) in [7, 11) is 0. The van der Waals surface area contributed by atoms with Crippen molar-refractivity contribution in [3.05, 3.63) is 35.9 Å². The van der Waals surface area contributed by atoms with E-state index in [-0.39, 0.29) is 12.7 Å². The molecule has 2 atom stereocenters. The van der Waals surface area contributed by atoms with Crippen LogP contribution in [0.25, 0.3) is 0 Å². The molecule has 1 N–H and O–H groups in total. The monoisotopic (exact) mass is 250 g/mol. The van der Waals surface area contributed by atoms with E-state index in [1.54, 1.807) is 0 Å². The first-order valence-electron chi connectivity index (χ1n) is 6.79. The maximum atomic E-state index is 8.79. The van der Waals surface area contributed by atoms with Crippen molar-refractivity contribution in [3.8, 4) is 0 Å². The fraction of sp³-hybridized carbons (Fsp3) is 0.600. The van der Waals surface area contributed by atoms with Crippen LogP contribution in [-0.2, 0) is 15.3 Å². The molecule has 0 aliphatic carbocycles. The molecule has 1 aliphatic rings. The van der Waals surface area contributed by atoms with Crippen molar-refractivity contribution < 1.29 is 14.6 Å². The summed E-state index contributed by atoms with van der Waals surface area (Å²) in [4.78, 5) is 0. The third kappa shape index (κ3) is 2.91. The summed E-state index contributed by atoms with van der Waals surface area (Å²) in [6.07, 6.45) is 3.74. The van der Waals surface area contributed by atoms with Crippen LogP contribution in [-0.4, -0.2) is 24.4 Å². The highest BCUT2D eigenvalue weighted by Crippen LogP contribution is 2.38. The molecule has 0 spiro atoms. The molecule has 1 fully saturated rings. The molecule has 100 valence electrons. The summed E-state index contributed by atoms with van der Waals surface area (Å²) in [5.74, 6) is -0.564. The Labute approximate surface area is 109 Å². The van der Waals surface area contributed by atoms with E-state index in [9.17, 15) is 0 Å². The summed E-state index contributed by atoms with van der Waals surface area (Å²) in [6.45, 7) is 2.99. The van der Waals surface area contributed by atoms with Gasteiger partial charge < -0.3 is 14.6 Å². The molecule has 1 heterocycles. The van der Waals surface area contributed by atoms with E-state index in [0.717, 1.165) is 31.2 Å². The lowest BCUT2D eigenvalue weighted by Crippen LogP contribution is -2.27. The quantitative estimate of drug-likeness (QED) is 0.789. The van der Waals surface area contributed by atoms with Crippen LogP contribution in [0.15, 0.2) is 30.3 Å². The van der Waals surface area contributed by atoms with E-state index in [2.05, 4.69) is 19.1 Å². The van der Waals surface area contributed by atoms with Gasteiger partial charge >= 0.3 is 0 Å². The van der Waals surface area contributed by atoms with Crippen LogP contribution in [0, 0.1) is 0 Å². The molecule has 0 bridgehead atoms. The van der Waals surface area contributed by atoms with E-state index in [4.69, 9.17) is 14.6 Å². The van der Waals surface area contributed by atoms with Crippen LogP contribution < -0.4 is 0 Å². The smallest absolute Gasteiger partial charge is 0.195 e. The number of rotatable bonds is 6. The molecule has 1 aromatic carbocycles. The lowest BCUT2D eigenvalue weighted by Gasteiger charge is -2.27. The van der Waals surface area contributed by atoms with Gasteiger partial charge in [0.1, 0.15) is 0 Å². The average Bonchev–Trinajstić information content (AvgIpc) is 2.85. The average molecular weight is 250 g/mol. The topological polar surface area (TPSA) is 38.7 Å². The minimum Gasteiger partial charge on any atom is -0.396 e. The van der Waals surface area contributed by atoms with E-state index in [1.807, 2.05) is 18.2 Å². The molecule has 0 radical (unpaired) electrons. The molecule has 2 unspecified atom stereocenters. The number of benzene rings is 1. The highest BCUT2D eigenvalue weighted by molar-refractivity contribution is 5.21. The molecular formula is C15H22O3. The molecule has 3 heteroatoms. The van der Waals surface area contributed by atoms with Crippen LogP contribution in [0.3, 0.4) is 0 Å². The molecule has 1 aromatic rings. The van der Waals surface area contributed by atoms with E-state index in [1.165, 1.54) is 0 Å². The van der Waals surface area contributed by atoms with Crippen LogP contribution >= 0.6 is 0 Å². The predicted molar refractivity (Wildman–Crippen MR) is 70.2 cm³/mol. The lowest BCUT2D eigenvalue weighted by molar-refractivity contribution is -0.179. The van der Waals surface area contributed by atoms with Gasteiger partial charge in [-0.25, -0.2) is 0 Å². The number of unbranched alkanes of at least 4 members (excludes halogenated alkanes) is 1. The first-order chi connectivity index (χ1) is 8.80. The SMILES string of the molecule is CCC1(c2ccccc2)OCC(CCCCO)O1. The van der Waals surface area contributed by atoms with Crippen LogP contribution in [0.5, 0.6) is 0 Å². The Morgan fingerprint density at radius 1 is 1.28 bits per heavy atom. The van der Waals surface area contributed by atoms with Gasteiger partial charge in [-0.15, -0.1) is 0 Å². The number of ether oxygens (including phenoxy) is 2. The zero-order chi connectivity index (χ0) is 12.8. The molecule has 0 amide bonds. The van der Waals surface area contributed by atoms with E-state index >= 15 is 0 Å². The summed E-state index contributed by atoms with van der Waals surface area (Å²) in [5.41, 5.74) is 1.09. The second kappa shape index (κ2) is 6.32. The number of aliphatic hydroxyl groups excluding tert-OH is 1. The summed E-state index contributed by atoms with van der Waals surface area (Å²) in [6, 6.07) is 10.1. The highest BCUT2D eigenvalue weighted by atomic mass is 16.7. The van der Waals surface area contributed by atoms with E-state index < -0.39 is 5.79 Å². The zero-order valence-corrected chi connectivity index (χ0v) is 11.0. The van der Waals surface area contributed by atoms with Gasteiger partial charge in [-0.3, -0.25) is 0 Å². The van der Waals surface area contributed by atoms with Crippen LogP contribution in [0.4, 0.5) is 0 Å². The fourth-order valence-electron chi connectivity index (χ4n) is 2.42. The maximum absolute atomic E-state index is 8.79. The van der Waals surface area contributed by atoms with Gasteiger partial charge in [0.2, 0.25) is 0 Å². The van der Waals surface area contributed by atoms with Gasteiger partial charge in [0.25, 0.3) is 0 Å². The molecule has 1 aliphatic heterocycles. The fourth-order valence-corrected chi connectivity index (χ4v) is 2.42. The first-order valence-corrected chi connectivity index (χ1v) is 6.79. The second-order valence-corrected chi connectivity index (χ2v) is 4.74. The molecule has 0 saturated carbocycles. The minimum absolute atomic E-state index is 0.150. The Morgan fingerprint density at radius 3 is 2.72 bits per heavy atom. The van der Waals surface area contributed by atoms with Crippen molar-refractivity contribution in [2.75, 3.05) is 13.2 Å². The Balaban J connectivity index is 1.99. The van der Waals surface area contributed by atoms with Crippen molar-refractivity contribution in [2.45, 2.75) is 44.5 Å². The summed E-state index contributed by atoms with van der Waals surface area (Å²) < 4.78 is 12.1. The van der Waals surface area contributed by atoms with Gasteiger partial charge in [0, 0.05) is 18.6 Å². The maximum Gasteiger partial charge on any atom is 0.195 e. The number of aliphatic hydroxyl groups is 1. The minimum atomic E-state index is -0.564. The van der Waals surface area contributed by atoms with Gasteiger partial charge in [-0.05, 0) is 19.3 Å². The van der Waals surface area contributed by atoms with Gasteiger partial charge in [0.05, 0.1) is 12.7 Å². The van der Waals surface area contributed by atoms with Crippen molar-refractivity contribution in [2.24, 2.45) is 0 Å². The second-order valence-electron chi connectivity index (χ2n) is 4.74. The molecular weight excluding hydrogens is 228 g/mol. The highest BCUT2D eigenvalue weighted by Gasteiger charge is 2.41. The first kappa shape index (κ1) is 13.5. The van der Waals surface area contributed by atoms with Crippen molar-refractivity contribution >= 4 is 0 Å². The number of hydrogen-bond acceptors (Lipinski definition) is 3. The Morgan fingerprint density at radius 2 is 2.06 bits per heavy atom. The molecule has 0 aromatic heterocycles. The van der Waals surface area contributed by atoms with Crippen molar-refractivity contribution in [3.63, 3.8) is 0 Å². The molecule has 3 nitrogen and oxygen atoms in total. The summed E-state index contributed by atoms with van der Waals surface area (Å²) >= 11 is 0. The number of hydrogen-bond donors (Lipinski definition) is 1. The standard InChI is InChI=1S/C15H22O3/c1-2-15(13-8-4-3-5-9-13)17-12-14(18-15)10-6-7-11-16/h3-5,8-9,14,16H,2,6-7,10-12H2,1H3. The lowest BCUT2D eigenvalue weighted by atomic mass is 10.0.